The Morgan fingerprint density at radius 1 is 1.05 bits per heavy atom. The van der Waals surface area contributed by atoms with E-state index in [1.165, 1.54) is 16.2 Å². The lowest BCUT2D eigenvalue weighted by molar-refractivity contribution is -0.116. The first-order valence-electron chi connectivity index (χ1n) is 12.0. The van der Waals surface area contributed by atoms with Crippen molar-refractivity contribution in [1.29, 1.82) is 0 Å². The maximum Gasteiger partial charge on any atom is 0.410 e. The second-order valence-corrected chi connectivity index (χ2v) is 10.7. The molecule has 0 radical (unpaired) electrons. The van der Waals surface area contributed by atoms with Gasteiger partial charge in [-0.3, -0.25) is 4.79 Å². The monoisotopic (exact) mass is 521 g/mol. The zero-order chi connectivity index (χ0) is 27.0. The van der Waals surface area contributed by atoms with Gasteiger partial charge in [0.1, 0.15) is 11.4 Å². The van der Waals surface area contributed by atoms with Gasteiger partial charge in [0.15, 0.2) is 0 Å². The minimum atomic E-state index is -0.660. The average molecular weight is 522 g/mol. The highest BCUT2D eigenvalue weighted by Gasteiger charge is 2.23. The van der Waals surface area contributed by atoms with Gasteiger partial charge in [0, 0.05) is 45.0 Å². The Hall–Kier alpha value is -3.85. The van der Waals surface area contributed by atoms with Gasteiger partial charge in [-0.15, -0.1) is 11.3 Å². The number of benzene rings is 2. The lowest BCUT2D eigenvalue weighted by atomic mass is 10.2. The molecular formula is C28H35N5O3S. The van der Waals surface area contributed by atoms with Gasteiger partial charge in [0.05, 0.1) is 10.6 Å². The summed E-state index contributed by atoms with van der Waals surface area (Å²) in [5.74, 6) is 0.250. The molecule has 0 saturated carbocycles. The van der Waals surface area contributed by atoms with Crippen LogP contribution >= 0.6 is 11.3 Å². The molecule has 1 aromatic heterocycles. The molecular weight excluding hydrogens is 486 g/mol. The number of hydrogen-bond donors (Lipinski definition) is 2. The van der Waals surface area contributed by atoms with Gasteiger partial charge in [-0.25, -0.2) is 9.79 Å². The van der Waals surface area contributed by atoms with E-state index in [4.69, 9.17) is 10.5 Å². The fourth-order valence-corrected chi connectivity index (χ4v) is 4.05. The molecule has 3 N–H and O–H groups in total. The van der Waals surface area contributed by atoms with Gasteiger partial charge in [-0.2, -0.15) is 0 Å². The van der Waals surface area contributed by atoms with E-state index >= 15 is 0 Å². The Morgan fingerprint density at radius 3 is 2.41 bits per heavy atom. The van der Waals surface area contributed by atoms with Crippen molar-refractivity contribution in [3.05, 3.63) is 76.5 Å². The van der Waals surface area contributed by atoms with Crippen molar-refractivity contribution < 1.29 is 14.3 Å². The van der Waals surface area contributed by atoms with Crippen LogP contribution in [0.1, 0.15) is 37.6 Å². The number of amidine groups is 1. The molecule has 0 atom stereocenters. The number of rotatable bonds is 9. The molecule has 2 aromatic carbocycles. The minimum absolute atomic E-state index is 0.123. The molecule has 196 valence electrons. The zero-order valence-corrected chi connectivity index (χ0v) is 22.8. The molecule has 37 heavy (non-hydrogen) atoms. The lowest BCUT2D eigenvalue weighted by Crippen LogP contribution is -2.38. The number of thiophene rings is 1. The highest BCUT2D eigenvalue weighted by Crippen LogP contribution is 2.20. The second kappa shape index (κ2) is 12.4. The van der Waals surface area contributed by atoms with Crippen molar-refractivity contribution in [2.45, 2.75) is 39.3 Å². The van der Waals surface area contributed by atoms with Crippen molar-refractivity contribution in [1.82, 2.24) is 4.90 Å². The van der Waals surface area contributed by atoms with Gasteiger partial charge in [-0.1, -0.05) is 18.2 Å². The summed E-state index contributed by atoms with van der Waals surface area (Å²) in [7, 11) is 3.92. The van der Waals surface area contributed by atoms with E-state index in [1.54, 1.807) is 0 Å². The largest absolute Gasteiger partial charge is 0.444 e. The first-order valence-corrected chi connectivity index (χ1v) is 12.9. The topological polar surface area (TPSA) is 100 Å². The number of carbonyl (C=O) groups is 2. The van der Waals surface area contributed by atoms with E-state index in [1.807, 2.05) is 106 Å². The van der Waals surface area contributed by atoms with Gasteiger partial charge in [0.2, 0.25) is 5.91 Å². The Balaban J connectivity index is 1.69. The number of ether oxygens (including phenoxy) is 1. The average Bonchev–Trinajstić information content (AvgIpc) is 3.36. The quantitative estimate of drug-likeness (QED) is 0.281. The van der Waals surface area contributed by atoms with Crippen LogP contribution in [0.15, 0.2) is 71.0 Å². The maximum atomic E-state index is 13.0. The predicted molar refractivity (Wildman–Crippen MR) is 152 cm³/mol. The van der Waals surface area contributed by atoms with Crippen LogP contribution in [0.4, 0.5) is 21.9 Å². The fraction of sp³-hybridized carbons (Fsp3) is 0.321. The molecule has 0 unspecified atom stereocenters. The number of nitrogens with one attached hydrogen (secondary N) is 1. The molecule has 0 aliphatic rings. The van der Waals surface area contributed by atoms with E-state index in [0.717, 1.165) is 16.1 Å². The summed E-state index contributed by atoms with van der Waals surface area (Å²) < 4.78 is 5.61. The lowest BCUT2D eigenvalue weighted by Gasteiger charge is -2.27. The maximum absolute atomic E-state index is 13.0. The van der Waals surface area contributed by atoms with E-state index < -0.39 is 11.7 Å². The van der Waals surface area contributed by atoms with Crippen LogP contribution in [0.25, 0.3) is 0 Å². The van der Waals surface area contributed by atoms with Crippen LogP contribution in [-0.2, 0) is 16.1 Å². The summed E-state index contributed by atoms with van der Waals surface area (Å²) in [6, 6.07) is 18.9. The Morgan fingerprint density at radius 2 is 1.78 bits per heavy atom. The Kier molecular flexibility index (Phi) is 9.30. The predicted octanol–water partition coefficient (Wildman–Crippen LogP) is 5.62. The van der Waals surface area contributed by atoms with Crippen LogP contribution in [-0.4, -0.2) is 49.0 Å². The molecule has 3 rings (SSSR count). The molecule has 0 aliphatic carbocycles. The Labute approximate surface area is 222 Å². The zero-order valence-electron chi connectivity index (χ0n) is 22.0. The van der Waals surface area contributed by atoms with E-state index in [2.05, 4.69) is 10.3 Å². The van der Waals surface area contributed by atoms with Gasteiger partial charge >= 0.3 is 6.09 Å². The van der Waals surface area contributed by atoms with E-state index in [0.29, 0.717) is 17.2 Å². The molecule has 0 spiro atoms. The number of aliphatic imine (C=N–C) groups is 1. The first kappa shape index (κ1) is 27.7. The summed E-state index contributed by atoms with van der Waals surface area (Å²) in [6.07, 6.45) is -0.361. The second-order valence-electron chi connectivity index (χ2n) is 9.79. The number of nitrogens with two attached hydrogens (primary N) is 1. The van der Waals surface area contributed by atoms with Crippen LogP contribution in [0.5, 0.6) is 0 Å². The molecule has 0 aliphatic heterocycles. The molecule has 1 heterocycles. The molecule has 3 aromatic rings. The number of anilines is 2. The minimum Gasteiger partial charge on any atom is -0.444 e. The summed E-state index contributed by atoms with van der Waals surface area (Å²) in [5, 5.41) is 4.84. The van der Waals surface area contributed by atoms with Crippen LogP contribution < -0.4 is 16.0 Å². The molecule has 0 saturated heterocycles. The van der Waals surface area contributed by atoms with Crippen molar-refractivity contribution in [2.24, 2.45) is 10.7 Å². The van der Waals surface area contributed by atoms with Crippen molar-refractivity contribution >= 4 is 46.2 Å². The molecule has 2 amide bonds. The van der Waals surface area contributed by atoms with Gasteiger partial charge in [0.25, 0.3) is 0 Å². The van der Waals surface area contributed by atoms with Crippen LogP contribution in [0.3, 0.4) is 0 Å². The van der Waals surface area contributed by atoms with Crippen LogP contribution in [0, 0.1) is 0 Å². The van der Waals surface area contributed by atoms with Crippen molar-refractivity contribution in [3.8, 4) is 0 Å². The number of hydrogen-bond acceptors (Lipinski definition) is 6. The molecule has 0 bridgehead atoms. The van der Waals surface area contributed by atoms with Crippen LogP contribution in [0.2, 0.25) is 0 Å². The highest BCUT2D eigenvalue weighted by molar-refractivity contribution is 7.12. The third kappa shape index (κ3) is 8.95. The summed E-state index contributed by atoms with van der Waals surface area (Å²) in [4.78, 5) is 34.6. The molecule has 0 fully saturated rings. The SMILES string of the molecule is CN(C)c1ccc(NC(=O)CCN(Cc2cccc(N=C(N)c3cccs3)c2)C(=O)OC(C)(C)C)cc1. The van der Waals surface area contributed by atoms with Gasteiger partial charge < -0.3 is 25.6 Å². The van der Waals surface area contributed by atoms with Crippen molar-refractivity contribution in [3.63, 3.8) is 0 Å². The number of amides is 2. The summed E-state index contributed by atoms with van der Waals surface area (Å²) in [6.45, 7) is 5.91. The highest BCUT2D eigenvalue weighted by atomic mass is 32.1. The number of nitrogens with zero attached hydrogens (tertiary/aromatic N) is 3. The molecule has 8 nitrogen and oxygen atoms in total. The Bertz CT molecular complexity index is 1220. The fourth-order valence-electron chi connectivity index (χ4n) is 3.43. The normalized spacial score (nSPS) is 11.6. The summed E-state index contributed by atoms with van der Waals surface area (Å²) in [5.41, 5.74) is 8.76. The smallest absolute Gasteiger partial charge is 0.410 e. The first-order chi connectivity index (χ1) is 17.5. The molecule has 9 heteroatoms. The van der Waals surface area contributed by atoms with E-state index in [-0.39, 0.29) is 25.4 Å². The third-order valence-corrected chi connectivity index (χ3v) is 6.13. The number of carbonyl (C=O) groups excluding carboxylic acids is 2. The summed E-state index contributed by atoms with van der Waals surface area (Å²) >= 11 is 1.52. The van der Waals surface area contributed by atoms with E-state index in [9.17, 15) is 9.59 Å². The van der Waals surface area contributed by atoms with Crippen molar-refractivity contribution in [2.75, 3.05) is 30.9 Å². The third-order valence-electron chi connectivity index (χ3n) is 5.24. The van der Waals surface area contributed by atoms with Gasteiger partial charge in [-0.05, 0) is 74.2 Å². The standard InChI is InChI=1S/C28H35N5O3S/c1-28(2,3)36-27(35)33(16-15-25(34)30-21-11-13-23(14-12-21)32(4)5)19-20-8-6-9-22(18-20)31-26(29)24-10-7-17-37-24/h6-14,17-18H,15-16,19H2,1-5H3,(H2,29,31)(H,30,34).